The lowest BCUT2D eigenvalue weighted by molar-refractivity contribution is 0.652. The summed E-state index contributed by atoms with van der Waals surface area (Å²) in [7, 11) is 1.80. The lowest BCUT2D eigenvalue weighted by Crippen LogP contribution is -2.23. The molecule has 0 aromatic carbocycles. The maximum atomic E-state index is 11.8. The zero-order valence-corrected chi connectivity index (χ0v) is 10.4. The molecule has 0 atom stereocenters. The van der Waals surface area contributed by atoms with E-state index in [2.05, 4.69) is 5.10 Å². The Hall–Kier alpha value is -1.75. The molecule has 0 fully saturated rings. The van der Waals surface area contributed by atoms with Crippen LogP contribution in [0.5, 0.6) is 0 Å². The minimum atomic E-state index is -0.220. The number of halogens is 1. The Morgan fingerprint density at radius 2 is 2.24 bits per heavy atom. The molecule has 17 heavy (non-hydrogen) atoms. The summed E-state index contributed by atoms with van der Waals surface area (Å²) in [5.74, 6) is 0. The summed E-state index contributed by atoms with van der Waals surface area (Å²) < 4.78 is 3.19. The fourth-order valence-electron chi connectivity index (χ4n) is 1.69. The van der Waals surface area contributed by atoms with Crippen LogP contribution in [0.4, 0.5) is 5.69 Å². The molecule has 0 aliphatic carbocycles. The molecule has 0 amide bonds. The smallest absolute Gasteiger partial charge is 0.274 e. The van der Waals surface area contributed by atoms with Crippen LogP contribution in [0.15, 0.2) is 23.1 Å². The van der Waals surface area contributed by atoms with Gasteiger partial charge in [-0.05, 0) is 19.1 Å². The lowest BCUT2D eigenvalue weighted by Gasteiger charge is -2.07. The average Bonchev–Trinajstić information content (AvgIpc) is 2.51. The Labute approximate surface area is 103 Å². The zero-order chi connectivity index (χ0) is 12.6. The average molecular weight is 253 g/mol. The molecule has 0 saturated carbocycles. The van der Waals surface area contributed by atoms with E-state index in [4.69, 9.17) is 17.3 Å². The molecule has 0 spiro atoms. The number of aryl methyl sites for hydroxylation is 2. The van der Waals surface area contributed by atoms with Crippen LogP contribution in [-0.4, -0.2) is 14.3 Å². The van der Waals surface area contributed by atoms with Gasteiger partial charge in [0.1, 0.15) is 0 Å². The van der Waals surface area contributed by atoms with E-state index in [9.17, 15) is 4.79 Å². The first-order valence-electron chi connectivity index (χ1n) is 5.13. The third-order valence-electron chi connectivity index (χ3n) is 2.63. The number of nitrogens with two attached hydrogens (primary N) is 1. The molecule has 2 N–H and O–H groups in total. The van der Waals surface area contributed by atoms with Gasteiger partial charge in [-0.2, -0.15) is 5.10 Å². The first kappa shape index (κ1) is 11.7. The van der Waals surface area contributed by atoms with Gasteiger partial charge in [0.15, 0.2) is 0 Å². The van der Waals surface area contributed by atoms with Crippen molar-refractivity contribution in [2.75, 3.05) is 5.73 Å². The molecule has 0 unspecified atom stereocenters. The highest BCUT2D eigenvalue weighted by Crippen LogP contribution is 2.19. The van der Waals surface area contributed by atoms with Gasteiger partial charge in [-0.25, -0.2) is 0 Å². The van der Waals surface area contributed by atoms with Crippen LogP contribution in [0.1, 0.15) is 11.4 Å². The summed E-state index contributed by atoms with van der Waals surface area (Å²) in [6, 6.07) is 3.31. The van der Waals surface area contributed by atoms with Crippen molar-refractivity contribution in [2.24, 2.45) is 7.05 Å². The van der Waals surface area contributed by atoms with Crippen molar-refractivity contribution in [1.29, 1.82) is 0 Å². The SMILES string of the molecule is Cc1nn(C)c(Cn2cccc(N)c2=O)c1Cl. The van der Waals surface area contributed by atoms with E-state index in [1.54, 1.807) is 30.1 Å². The molecule has 90 valence electrons. The molecule has 0 bridgehead atoms. The van der Waals surface area contributed by atoms with Crippen LogP contribution in [0.3, 0.4) is 0 Å². The highest BCUT2D eigenvalue weighted by atomic mass is 35.5. The van der Waals surface area contributed by atoms with Gasteiger partial charge in [-0.3, -0.25) is 9.48 Å². The Bertz CT molecular complexity index is 614. The van der Waals surface area contributed by atoms with Crippen molar-refractivity contribution in [1.82, 2.24) is 14.3 Å². The molecular formula is C11H13ClN4O. The van der Waals surface area contributed by atoms with E-state index < -0.39 is 0 Å². The molecule has 2 rings (SSSR count). The van der Waals surface area contributed by atoms with Crippen LogP contribution in [0.2, 0.25) is 5.02 Å². The zero-order valence-electron chi connectivity index (χ0n) is 9.64. The van der Waals surface area contributed by atoms with Gasteiger partial charge in [0.25, 0.3) is 5.56 Å². The summed E-state index contributed by atoms with van der Waals surface area (Å²) in [5.41, 5.74) is 7.11. The van der Waals surface area contributed by atoms with E-state index in [1.807, 2.05) is 6.92 Å². The van der Waals surface area contributed by atoms with Crippen molar-refractivity contribution < 1.29 is 0 Å². The molecule has 0 saturated heterocycles. The van der Waals surface area contributed by atoms with Gasteiger partial charge >= 0.3 is 0 Å². The topological polar surface area (TPSA) is 65.8 Å². The number of hydrogen-bond donors (Lipinski definition) is 1. The number of anilines is 1. The highest BCUT2D eigenvalue weighted by Gasteiger charge is 2.12. The van der Waals surface area contributed by atoms with Crippen LogP contribution >= 0.6 is 11.6 Å². The van der Waals surface area contributed by atoms with Crippen molar-refractivity contribution in [3.05, 3.63) is 45.1 Å². The van der Waals surface area contributed by atoms with Crippen LogP contribution < -0.4 is 11.3 Å². The maximum Gasteiger partial charge on any atom is 0.274 e. The van der Waals surface area contributed by atoms with Gasteiger partial charge in [0.2, 0.25) is 0 Å². The first-order valence-corrected chi connectivity index (χ1v) is 5.51. The van der Waals surface area contributed by atoms with Crippen LogP contribution in [0.25, 0.3) is 0 Å². The lowest BCUT2D eigenvalue weighted by atomic mass is 10.3. The Morgan fingerprint density at radius 1 is 1.53 bits per heavy atom. The van der Waals surface area contributed by atoms with Gasteiger partial charge in [0, 0.05) is 13.2 Å². The largest absolute Gasteiger partial charge is 0.394 e. The highest BCUT2D eigenvalue weighted by molar-refractivity contribution is 6.31. The monoisotopic (exact) mass is 252 g/mol. The molecule has 2 heterocycles. The second-order valence-corrected chi connectivity index (χ2v) is 4.24. The molecular weight excluding hydrogens is 240 g/mol. The molecule has 0 radical (unpaired) electrons. The van der Waals surface area contributed by atoms with E-state index >= 15 is 0 Å². The van der Waals surface area contributed by atoms with Gasteiger partial charge in [0.05, 0.1) is 28.6 Å². The van der Waals surface area contributed by atoms with E-state index in [0.717, 1.165) is 11.4 Å². The minimum Gasteiger partial charge on any atom is -0.394 e. The predicted octanol–water partition coefficient (Wildman–Crippen LogP) is 1.17. The molecule has 6 heteroatoms. The van der Waals surface area contributed by atoms with E-state index in [1.165, 1.54) is 4.57 Å². The standard InChI is InChI=1S/C11H13ClN4O/c1-7-10(12)9(15(2)14-7)6-16-5-3-4-8(13)11(16)17/h3-5H,6,13H2,1-2H3. The van der Waals surface area contributed by atoms with Crippen molar-refractivity contribution in [3.8, 4) is 0 Å². The van der Waals surface area contributed by atoms with Crippen LogP contribution in [-0.2, 0) is 13.6 Å². The van der Waals surface area contributed by atoms with Gasteiger partial charge in [-0.15, -0.1) is 0 Å². The van der Waals surface area contributed by atoms with Crippen molar-refractivity contribution >= 4 is 17.3 Å². The summed E-state index contributed by atoms with van der Waals surface area (Å²) >= 11 is 6.13. The Kier molecular flexibility index (Phi) is 2.93. The number of aromatic nitrogens is 3. The summed E-state index contributed by atoms with van der Waals surface area (Å²) in [5, 5.41) is 4.78. The second-order valence-electron chi connectivity index (χ2n) is 3.87. The van der Waals surface area contributed by atoms with Gasteiger partial charge in [-0.1, -0.05) is 11.6 Å². The molecule has 2 aromatic rings. The van der Waals surface area contributed by atoms with E-state index in [-0.39, 0.29) is 11.2 Å². The minimum absolute atomic E-state index is 0.220. The number of rotatable bonds is 2. The third kappa shape index (κ3) is 2.06. The van der Waals surface area contributed by atoms with Crippen molar-refractivity contribution in [3.63, 3.8) is 0 Å². The van der Waals surface area contributed by atoms with Crippen LogP contribution in [0, 0.1) is 6.92 Å². The predicted molar refractivity (Wildman–Crippen MR) is 67.2 cm³/mol. The Balaban J connectivity index is 2.45. The fraction of sp³-hybridized carbons (Fsp3) is 0.273. The molecule has 0 aliphatic heterocycles. The molecule has 0 aliphatic rings. The first-order chi connectivity index (χ1) is 8.00. The van der Waals surface area contributed by atoms with E-state index in [0.29, 0.717) is 11.6 Å². The number of hydrogen-bond acceptors (Lipinski definition) is 3. The maximum absolute atomic E-state index is 11.8. The number of pyridine rings is 1. The third-order valence-corrected chi connectivity index (χ3v) is 3.12. The van der Waals surface area contributed by atoms with Gasteiger partial charge < -0.3 is 10.3 Å². The normalized spacial score (nSPS) is 10.8. The summed E-state index contributed by atoms with van der Waals surface area (Å²) in [6.45, 7) is 2.19. The van der Waals surface area contributed by atoms with Crippen molar-refractivity contribution in [2.45, 2.75) is 13.5 Å². The second kappa shape index (κ2) is 4.25. The molecule has 2 aromatic heterocycles. The summed E-state index contributed by atoms with van der Waals surface area (Å²) in [4.78, 5) is 11.8. The summed E-state index contributed by atoms with van der Waals surface area (Å²) in [6.07, 6.45) is 1.68. The molecule has 5 nitrogen and oxygen atoms in total. The fourth-order valence-corrected chi connectivity index (χ4v) is 1.91. The quantitative estimate of drug-likeness (QED) is 0.873. The number of nitrogens with zero attached hydrogens (tertiary/aromatic N) is 3. The number of nitrogen functional groups attached to an aromatic ring is 1. The Morgan fingerprint density at radius 3 is 2.82 bits per heavy atom.